The van der Waals surface area contributed by atoms with E-state index < -0.39 is 16.1 Å². The van der Waals surface area contributed by atoms with E-state index in [1.165, 1.54) is 24.5 Å². The van der Waals surface area contributed by atoms with Gasteiger partial charge in [0.2, 0.25) is 10.0 Å². The molecule has 1 unspecified atom stereocenters. The monoisotopic (exact) mass is 371 g/mol. The Morgan fingerprint density at radius 1 is 1.33 bits per heavy atom. The van der Waals surface area contributed by atoms with Crippen molar-refractivity contribution >= 4 is 21.4 Å². The zero-order valence-corrected chi connectivity index (χ0v) is 15.2. The largest absolute Gasteiger partial charge is 0.497 e. The zero-order chi connectivity index (χ0) is 17.6. The predicted molar refractivity (Wildman–Crippen MR) is 93.0 cm³/mol. The van der Waals surface area contributed by atoms with E-state index in [1.54, 1.807) is 19.1 Å². The molecule has 2 aromatic rings. The van der Waals surface area contributed by atoms with E-state index in [4.69, 9.17) is 14.6 Å². The molecule has 1 aromatic heterocycles. The molecular formula is C16H21NO5S2. The van der Waals surface area contributed by atoms with E-state index in [2.05, 4.69) is 4.72 Å². The third-order valence-corrected chi connectivity index (χ3v) is 5.74. The van der Waals surface area contributed by atoms with Crippen molar-refractivity contribution < 1.29 is 23.0 Å². The number of aryl methyl sites for hydroxylation is 1. The Kier molecular flexibility index (Phi) is 6.76. The van der Waals surface area contributed by atoms with Crippen LogP contribution in [-0.2, 0) is 14.8 Å². The van der Waals surface area contributed by atoms with Crippen molar-refractivity contribution in [1.29, 1.82) is 0 Å². The van der Waals surface area contributed by atoms with Gasteiger partial charge in [0.15, 0.2) is 0 Å². The first-order valence-electron chi connectivity index (χ1n) is 7.37. The molecule has 0 fully saturated rings. The van der Waals surface area contributed by atoms with E-state index >= 15 is 0 Å². The van der Waals surface area contributed by atoms with Crippen LogP contribution in [0.4, 0.5) is 0 Å². The highest BCUT2D eigenvalue weighted by Crippen LogP contribution is 2.23. The minimum Gasteiger partial charge on any atom is -0.497 e. The maximum Gasteiger partial charge on any atom is 0.240 e. The van der Waals surface area contributed by atoms with Crippen LogP contribution in [0, 0.1) is 6.92 Å². The number of aliphatic hydroxyl groups is 1. The fourth-order valence-electron chi connectivity index (χ4n) is 2.24. The molecule has 1 heterocycles. The molecule has 0 saturated carbocycles. The van der Waals surface area contributed by atoms with Crippen LogP contribution < -0.4 is 9.46 Å². The predicted octanol–water partition coefficient (Wildman–Crippen LogP) is 2.09. The number of hydrogen-bond acceptors (Lipinski definition) is 6. The Hall–Kier alpha value is -1.45. The SMILES string of the molecule is COc1ccc(S(=O)(=O)NCC(OCCO)c2ccsc2)c(C)c1. The van der Waals surface area contributed by atoms with Crippen molar-refractivity contribution in [3.8, 4) is 5.75 Å². The summed E-state index contributed by atoms with van der Waals surface area (Å²) in [7, 11) is -2.14. The van der Waals surface area contributed by atoms with Gasteiger partial charge in [-0.1, -0.05) is 0 Å². The number of methoxy groups -OCH3 is 1. The Morgan fingerprint density at radius 3 is 2.71 bits per heavy atom. The van der Waals surface area contributed by atoms with Crippen molar-refractivity contribution in [1.82, 2.24) is 4.72 Å². The lowest BCUT2D eigenvalue weighted by molar-refractivity contribution is 0.0311. The topological polar surface area (TPSA) is 84.9 Å². The average molecular weight is 371 g/mol. The highest BCUT2D eigenvalue weighted by atomic mass is 32.2. The second-order valence-corrected chi connectivity index (χ2v) is 7.64. The van der Waals surface area contributed by atoms with E-state index in [1.807, 2.05) is 16.8 Å². The summed E-state index contributed by atoms with van der Waals surface area (Å²) in [5, 5.41) is 12.7. The van der Waals surface area contributed by atoms with Crippen molar-refractivity contribution in [3.63, 3.8) is 0 Å². The maximum atomic E-state index is 12.5. The van der Waals surface area contributed by atoms with Crippen molar-refractivity contribution in [2.24, 2.45) is 0 Å². The summed E-state index contributed by atoms with van der Waals surface area (Å²) in [4.78, 5) is 0.203. The Morgan fingerprint density at radius 2 is 2.12 bits per heavy atom. The summed E-state index contributed by atoms with van der Waals surface area (Å²) < 4.78 is 38.3. The number of hydrogen-bond donors (Lipinski definition) is 2. The fraction of sp³-hybridized carbons (Fsp3) is 0.375. The molecule has 0 amide bonds. The first-order valence-corrected chi connectivity index (χ1v) is 9.79. The molecule has 1 atom stereocenters. The van der Waals surface area contributed by atoms with Crippen LogP contribution in [0.1, 0.15) is 17.2 Å². The van der Waals surface area contributed by atoms with E-state index in [9.17, 15) is 8.42 Å². The summed E-state index contributed by atoms with van der Waals surface area (Å²) in [5.74, 6) is 0.605. The molecule has 0 radical (unpaired) electrons. The number of nitrogens with one attached hydrogen (secondary N) is 1. The van der Waals surface area contributed by atoms with Gasteiger partial charge in [-0.15, -0.1) is 0 Å². The quantitative estimate of drug-likeness (QED) is 0.705. The number of ether oxygens (including phenoxy) is 2. The van der Waals surface area contributed by atoms with Gasteiger partial charge in [0, 0.05) is 6.54 Å². The molecule has 0 aliphatic rings. The van der Waals surface area contributed by atoms with Gasteiger partial charge in [0.1, 0.15) is 5.75 Å². The lowest BCUT2D eigenvalue weighted by Crippen LogP contribution is -2.30. The van der Waals surface area contributed by atoms with Crippen LogP contribution in [-0.4, -0.2) is 40.4 Å². The molecule has 0 bridgehead atoms. The van der Waals surface area contributed by atoms with Crippen LogP contribution in [0.2, 0.25) is 0 Å². The van der Waals surface area contributed by atoms with Gasteiger partial charge < -0.3 is 14.6 Å². The Labute approximate surface area is 146 Å². The van der Waals surface area contributed by atoms with Crippen LogP contribution >= 0.6 is 11.3 Å². The normalized spacial score (nSPS) is 13.0. The summed E-state index contributed by atoms with van der Waals surface area (Å²) in [6.45, 7) is 1.83. The van der Waals surface area contributed by atoms with Crippen LogP contribution in [0.3, 0.4) is 0 Å². The van der Waals surface area contributed by atoms with Gasteiger partial charge in [-0.25, -0.2) is 13.1 Å². The highest BCUT2D eigenvalue weighted by molar-refractivity contribution is 7.89. The maximum absolute atomic E-state index is 12.5. The number of sulfonamides is 1. The molecule has 0 saturated heterocycles. The van der Waals surface area contributed by atoms with Crippen LogP contribution in [0.5, 0.6) is 5.75 Å². The molecule has 1 aromatic carbocycles. The minimum absolute atomic E-state index is 0.0878. The standard InChI is InChI=1S/C16H21NO5S2/c1-12-9-14(21-2)3-4-16(12)24(19,20)17-10-15(22-7-6-18)13-5-8-23-11-13/h3-5,8-9,11,15,17-18H,6-7,10H2,1-2H3. The van der Waals surface area contributed by atoms with Gasteiger partial charge in [-0.2, -0.15) is 11.3 Å². The molecule has 2 rings (SSSR count). The lowest BCUT2D eigenvalue weighted by Gasteiger charge is -2.18. The third-order valence-electron chi connectivity index (χ3n) is 3.46. The van der Waals surface area contributed by atoms with E-state index in [0.29, 0.717) is 11.3 Å². The van der Waals surface area contributed by atoms with Gasteiger partial charge in [-0.3, -0.25) is 0 Å². The van der Waals surface area contributed by atoms with Gasteiger partial charge in [0.05, 0.1) is 31.3 Å². The van der Waals surface area contributed by atoms with Gasteiger partial charge >= 0.3 is 0 Å². The number of thiophene rings is 1. The highest BCUT2D eigenvalue weighted by Gasteiger charge is 2.20. The van der Waals surface area contributed by atoms with Crippen molar-refractivity contribution in [2.45, 2.75) is 17.9 Å². The fourth-order valence-corrected chi connectivity index (χ4v) is 4.20. The first kappa shape index (κ1) is 18.9. The first-order chi connectivity index (χ1) is 11.5. The second kappa shape index (κ2) is 8.59. The summed E-state index contributed by atoms with van der Waals surface area (Å²) in [6.07, 6.45) is -0.447. The van der Waals surface area contributed by atoms with Gasteiger partial charge in [-0.05, 0) is 53.1 Å². The van der Waals surface area contributed by atoms with Crippen molar-refractivity contribution in [2.75, 3.05) is 26.9 Å². The Balaban J connectivity index is 2.12. The Bertz CT molecular complexity index is 744. The van der Waals surface area contributed by atoms with E-state index in [0.717, 1.165) is 5.56 Å². The number of benzene rings is 1. The van der Waals surface area contributed by atoms with Crippen molar-refractivity contribution in [3.05, 3.63) is 46.2 Å². The van der Waals surface area contributed by atoms with Gasteiger partial charge in [0.25, 0.3) is 0 Å². The molecule has 0 aliphatic carbocycles. The third kappa shape index (κ3) is 4.78. The minimum atomic E-state index is -3.67. The molecule has 24 heavy (non-hydrogen) atoms. The number of rotatable bonds is 9. The molecule has 2 N–H and O–H groups in total. The smallest absolute Gasteiger partial charge is 0.240 e. The molecular weight excluding hydrogens is 350 g/mol. The molecule has 6 nitrogen and oxygen atoms in total. The van der Waals surface area contributed by atoms with Crippen LogP contribution in [0.25, 0.3) is 0 Å². The lowest BCUT2D eigenvalue weighted by atomic mass is 10.2. The van der Waals surface area contributed by atoms with E-state index in [-0.39, 0.29) is 24.7 Å². The molecule has 8 heteroatoms. The molecule has 0 aliphatic heterocycles. The summed E-state index contributed by atoms with van der Waals surface area (Å²) in [6, 6.07) is 6.68. The average Bonchev–Trinajstić information content (AvgIpc) is 3.08. The molecule has 0 spiro atoms. The number of aliphatic hydroxyl groups excluding tert-OH is 1. The second-order valence-electron chi connectivity index (χ2n) is 5.12. The zero-order valence-electron chi connectivity index (χ0n) is 13.6. The summed E-state index contributed by atoms with van der Waals surface area (Å²) in [5.41, 5.74) is 1.48. The summed E-state index contributed by atoms with van der Waals surface area (Å²) >= 11 is 1.50. The molecule has 132 valence electrons. The van der Waals surface area contributed by atoms with Crippen LogP contribution in [0.15, 0.2) is 39.9 Å².